The van der Waals surface area contributed by atoms with Crippen molar-refractivity contribution in [2.24, 2.45) is 0 Å². The Morgan fingerprint density at radius 2 is 2.09 bits per heavy atom. The molecule has 1 heterocycles. The largest absolute Gasteiger partial charge is 0.327 e. The molecule has 0 saturated carbocycles. The van der Waals surface area contributed by atoms with E-state index >= 15 is 0 Å². The van der Waals surface area contributed by atoms with E-state index in [-0.39, 0.29) is 0 Å². The molecule has 5 heteroatoms. The standard InChI is InChI=1S/C6H10N2O3/c1-6(2)4(8(10)11)5(9)7(6)3/h4H,1-3H3. The minimum absolute atomic E-state index is 0.403. The minimum Gasteiger partial charge on any atom is -0.327 e. The predicted molar refractivity (Wildman–Crippen MR) is 37.6 cm³/mol. The Labute approximate surface area is 64.1 Å². The van der Waals surface area contributed by atoms with Crippen LogP contribution in [-0.2, 0) is 4.79 Å². The molecule has 0 radical (unpaired) electrons. The third-order valence-electron chi connectivity index (χ3n) is 2.31. The Hall–Kier alpha value is -1.13. The number of likely N-dealkylation sites (tertiary alicyclic amines) is 1. The lowest BCUT2D eigenvalue weighted by Gasteiger charge is -2.45. The van der Waals surface area contributed by atoms with Gasteiger partial charge in [-0.05, 0) is 13.8 Å². The number of nitro groups is 1. The first-order chi connectivity index (χ1) is 4.89. The maximum absolute atomic E-state index is 10.9. The molecular weight excluding hydrogens is 148 g/mol. The molecule has 1 saturated heterocycles. The Balaban J connectivity index is 2.85. The van der Waals surface area contributed by atoms with Crippen molar-refractivity contribution in [3.63, 3.8) is 0 Å². The van der Waals surface area contributed by atoms with Crippen molar-refractivity contribution in [3.05, 3.63) is 10.1 Å². The molecule has 0 N–H and O–H groups in total. The lowest BCUT2D eigenvalue weighted by molar-refractivity contribution is -0.536. The number of hydrogen-bond acceptors (Lipinski definition) is 3. The van der Waals surface area contributed by atoms with Crippen molar-refractivity contribution in [1.82, 2.24) is 4.90 Å². The summed E-state index contributed by atoms with van der Waals surface area (Å²) in [7, 11) is 1.57. The Kier molecular flexibility index (Phi) is 1.40. The van der Waals surface area contributed by atoms with Gasteiger partial charge >= 0.3 is 6.04 Å². The second-order valence-corrected chi connectivity index (χ2v) is 3.24. The summed E-state index contributed by atoms with van der Waals surface area (Å²) in [4.78, 5) is 22.1. The van der Waals surface area contributed by atoms with Crippen molar-refractivity contribution in [2.45, 2.75) is 25.4 Å². The molecule has 62 valence electrons. The van der Waals surface area contributed by atoms with Gasteiger partial charge in [-0.1, -0.05) is 0 Å². The summed E-state index contributed by atoms with van der Waals surface area (Å²) in [6, 6.07) is -1.05. The van der Waals surface area contributed by atoms with E-state index in [1.165, 1.54) is 4.90 Å². The molecule has 1 aliphatic heterocycles. The molecule has 0 aromatic heterocycles. The molecule has 0 aromatic rings. The van der Waals surface area contributed by atoms with Crippen LogP contribution in [0.4, 0.5) is 0 Å². The van der Waals surface area contributed by atoms with Crippen LogP contribution in [0.1, 0.15) is 13.8 Å². The van der Waals surface area contributed by atoms with Crippen LogP contribution in [0.2, 0.25) is 0 Å². The van der Waals surface area contributed by atoms with Gasteiger partial charge in [0.1, 0.15) is 5.54 Å². The highest BCUT2D eigenvalue weighted by Gasteiger charge is 2.60. The first kappa shape index (κ1) is 7.97. The van der Waals surface area contributed by atoms with Gasteiger partial charge in [0.2, 0.25) is 0 Å². The van der Waals surface area contributed by atoms with Gasteiger partial charge in [0.05, 0.1) is 0 Å². The number of rotatable bonds is 1. The number of β-lactam (4-membered cyclic amide) rings is 1. The smallest absolute Gasteiger partial charge is 0.312 e. The highest BCUT2D eigenvalue weighted by molar-refractivity contribution is 5.89. The molecule has 11 heavy (non-hydrogen) atoms. The van der Waals surface area contributed by atoms with Crippen LogP contribution in [0.5, 0.6) is 0 Å². The van der Waals surface area contributed by atoms with Crippen LogP contribution in [0.15, 0.2) is 0 Å². The predicted octanol–water partition coefficient (Wildman–Crippen LogP) is -0.118. The monoisotopic (exact) mass is 158 g/mol. The minimum atomic E-state index is -1.05. The average Bonchev–Trinajstić information content (AvgIpc) is 1.85. The third kappa shape index (κ3) is 0.800. The number of amides is 1. The topological polar surface area (TPSA) is 63.5 Å². The maximum atomic E-state index is 10.9. The average molecular weight is 158 g/mol. The van der Waals surface area contributed by atoms with Gasteiger partial charge in [-0.25, -0.2) is 0 Å². The van der Waals surface area contributed by atoms with E-state index in [0.717, 1.165) is 0 Å². The van der Waals surface area contributed by atoms with Gasteiger partial charge in [-0.3, -0.25) is 14.9 Å². The molecule has 1 fully saturated rings. The molecule has 0 aromatic carbocycles. The summed E-state index contributed by atoms with van der Waals surface area (Å²) in [5, 5.41) is 10.3. The molecule has 1 atom stereocenters. The van der Waals surface area contributed by atoms with Crippen LogP contribution in [0.3, 0.4) is 0 Å². The normalized spacial score (nSPS) is 28.1. The third-order valence-corrected chi connectivity index (χ3v) is 2.31. The number of hydrogen-bond donors (Lipinski definition) is 0. The van der Waals surface area contributed by atoms with E-state index in [1.807, 2.05) is 0 Å². The van der Waals surface area contributed by atoms with E-state index < -0.39 is 22.4 Å². The van der Waals surface area contributed by atoms with Crippen molar-refractivity contribution >= 4 is 5.91 Å². The molecule has 0 bridgehead atoms. The highest BCUT2D eigenvalue weighted by Crippen LogP contribution is 2.31. The van der Waals surface area contributed by atoms with E-state index in [9.17, 15) is 14.9 Å². The summed E-state index contributed by atoms with van der Waals surface area (Å²) in [6.07, 6.45) is 0. The SMILES string of the molecule is CN1C(=O)C([N+](=O)[O-])C1(C)C. The molecule has 0 aliphatic carbocycles. The van der Waals surface area contributed by atoms with Crippen LogP contribution in [-0.4, -0.2) is 34.4 Å². The fraction of sp³-hybridized carbons (Fsp3) is 0.833. The maximum Gasteiger partial charge on any atom is 0.312 e. The lowest BCUT2D eigenvalue weighted by Crippen LogP contribution is -2.72. The molecule has 1 rings (SSSR count). The van der Waals surface area contributed by atoms with Crippen molar-refractivity contribution in [2.75, 3.05) is 7.05 Å². The zero-order valence-corrected chi connectivity index (χ0v) is 6.70. The molecule has 5 nitrogen and oxygen atoms in total. The second-order valence-electron chi connectivity index (χ2n) is 3.24. The second kappa shape index (κ2) is 1.93. The summed E-state index contributed by atoms with van der Waals surface area (Å²) >= 11 is 0. The Bertz CT molecular complexity index is 224. The van der Waals surface area contributed by atoms with Gasteiger partial charge in [-0.15, -0.1) is 0 Å². The summed E-state index contributed by atoms with van der Waals surface area (Å²) in [6.45, 7) is 3.36. The van der Waals surface area contributed by atoms with Crippen LogP contribution < -0.4 is 0 Å². The van der Waals surface area contributed by atoms with Crippen LogP contribution in [0.25, 0.3) is 0 Å². The van der Waals surface area contributed by atoms with E-state index in [1.54, 1.807) is 20.9 Å². The fourth-order valence-corrected chi connectivity index (χ4v) is 1.24. The van der Waals surface area contributed by atoms with Crippen LogP contribution >= 0.6 is 0 Å². The number of nitrogens with zero attached hydrogens (tertiary/aromatic N) is 2. The van der Waals surface area contributed by atoms with E-state index in [0.29, 0.717) is 0 Å². The molecule has 1 unspecified atom stereocenters. The molecule has 1 aliphatic rings. The highest BCUT2D eigenvalue weighted by atomic mass is 16.6. The molecular formula is C6H10N2O3. The quantitative estimate of drug-likeness (QED) is 0.303. The van der Waals surface area contributed by atoms with Gasteiger partial charge in [-0.2, -0.15) is 0 Å². The van der Waals surface area contributed by atoms with Crippen LogP contribution in [0, 0.1) is 10.1 Å². The summed E-state index contributed by atoms with van der Waals surface area (Å²) in [5.41, 5.74) is -0.624. The van der Waals surface area contributed by atoms with Gasteiger partial charge in [0.25, 0.3) is 5.91 Å². The Morgan fingerprint density at radius 1 is 1.64 bits per heavy atom. The van der Waals surface area contributed by atoms with Crippen molar-refractivity contribution < 1.29 is 9.72 Å². The molecule has 0 spiro atoms. The summed E-state index contributed by atoms with van der Waals surface area (Å²) in [5.74, 6) is -0.403. The zero-order chi connectivity index (χ0) is 8.81. The number of carbonyl (C=O) groups excluding carboxylic acids is 1. The van der Waals surface area contributed by atoms with E-state index in [4.69, 9.17) is 0 Å². The van der Waals surface area contributed by atoms with Crippen molar-refractivity contribution in [3.8, 4) is 0 Å². The lowest BCUT2D eigenvalue weighted by atomic mass is 9.83. The fourth-order valence-electron chi connectivity index (χ4n) is 1.24. The van der Waals surface area contributed by atoms with E-state index in [2.05, 4.69) is 0 Å². The zero-order valence-electron chi connectivity index (χ0n) is 6.70. The first-order valence-corrected chi connectivity index (χ1v) is 3.30. The van der Waals surface area contributed by atoms with Crippen molar-refractivity contribution in [1.29, 1.82) is 0 Å². The molecule has 1 amide bonds. The van der Waals surface area contributed by atoms with Gasteiger partial charge in [0, 0.05) is 12.0 Å². The summed E-state index contributed by atoms with van der Waals surface area (Å²) < 4.78 is 0. The van der Waals surface area contributed by atoms with Gasteiger partial charge < -0.3 is 4.90 Å². The van der Waals surface area contributed by atoms with Gasteiger partial charge in [0.15, 0.2) is 0 Å². The number of likely N-dealkylation sites (N-methyl/N-ethyl adjacent to an activating group) is 1. The number of carbonyl (C=O) groups is 1. The first-order valence-electron chi connectivity index (χ1n) is 3.30. The Morgan fingerprint density at radius 3 is 2.27 bits per heavy atom.